The van der Waals surface area contributed by atoms with E-state index in [0.29, 0.717) is 9.23 Å². The number of anilines is 1. The van der Waals surface area contributed by atoms with Crippen molar-refractivity contribution < 1.29 is 9.21 Å². The predicted molar refractivity (Wildman–Crippen MR) is 97.6 cm³/mol. The van der Waals surface area contributed by atoms with Gasteiger partial charge in [-0.05, 0) is 48.6 Å². The van der Waals surface area contributed by atoms with Crippen LogP contribution in [-0.4, -0.2) is 10.2 Å². The fourth-order valence-electron chi connectivity index (χ4n) is 1.91. The summed E-state index contributed by atoms with van der Waals surface area (Å²) in [5, 5.41) is 0. The summed E-state index contributed by atoms with van der Waals surface area (Å²) in [4.78, 5) is 14.6. The molecular formula is C16H10BrNO2S2. The van der Waals surface area contributed by atoms with E-state index in [0.717, 1.165) is 15.9 Å². The first-order chi connectivity index (χ1) is 10.6. The van der Waals surface area contributed by atoms with Crippen molar-refractivity contribution >= 4 is 61.9 Å². The number of furan rings is 1. The van der Waals surface area contributed by atoms with Crippen LogP contribution in [0.5, 0.6) is 0 Å². The van der Waals surface area contributed by atoms with Gasteiger partial charge in [0.25, 0.3) is 5.91 Å². The van der Waals surface area contributed by atoms with Crippen LogP contribution in [0, 0.1) is 0 Å². The van der Waals surface area contributed by atoms with E-state index in [4.69, 9.17) is 16.6 Å². The molecule has 1 saturated heterocycles. The van der Waals surface area contributed by atoms with E-state index in [9.17, 15) is 4.79 Å². The van der Waals surface area contributed by atoms with Gasteiger partial charge >= 0.3 is 0 Å². The Hall–Kier alpha value is -1.63. The average molecular weight is 392 g/mol. The third-order valence-corrected chi connectivity index (χ3v) is 4.78. The number of amides is 1. The summed E-state index contributed by atoms with van der Waals surface area (Å²) < 4.78 is 6.69. The van der Waals surface area contributed by atoms with E-state index in [1.165, 1.54) is 11.8 Å². The lowest BCUT2D eigenvalue weighted by atomic mass is 10.3. The molecule has 0 aliphatic carbocycles. The minimum atomic E-state index is -0.110. The Morgan fingerprint density at radius 1 is 1.23 bits per heavy atom. The second-order valence-corrected chi connectivity index (χ2v) is 6.98. The van der Waals surface area contributed by atoms with Gasteiger partial charge in [0.05, 0.1) is 16.9 Å². The van der Waals surface area contributed by atoms with Crippen LogP contribution in [0.15, 0.2) is 68.6 Å². The first-order valence-corrected chi connectivity index (χ1v) is 8.40. The number of thioether (sulfide) groups is 1. The highest BCUT2D eigenvalue weighted by Gasteiger charge is 2.32. The van der Waals surface area contributed by atoms with E-state index >= 15 is 0 Å². The van der Waals surface area contributed by atoms with Gasteiger partial charge in [-0.1, -0.05) is 46.0 Å². The van der Waals surface area contributed by atoms with E-state index < -0.39 is 0 Å². The molecule has 0 saturated carbocycles. The third-order valence-electron chi connectivity index (χ3n) is 2.93. The SMILES string of the molecule is O=C1C(=CC=Cc2ccco2)SC(=S)N1c1ccc(Br)cc1. The molecule has 0 radical (unpaired) electrons. The van der Waals surface area contributed by atoms with Crippen LogP contribution in [0.2, 0.25) is 0 Å². The Balaban J connectivity index is 1.80. The smallest absolute Gasteiger partial charge is 0.270 e. The average Bonchev–Trinajstić information content (AvgIpc) is 3.10. The van der Waals surface area contributed by atoms with Crippen LogP contribution in [0.1, 0.15) is 5.76 Å². The van der Waals surface area contributed by atoms with Gasteiger partial charge in [0, 0.05) is 4.47 Å². The minimum Gasteiger partial charge on any atom is -0.465 e. The monoisotopic (exact) mass is 391 g/mol. The van der Waals surface area contributed by atoms with Crippen molar-refractivity contribution in [3.05, 3.63) is 70.0 Å². The Morgan fingerprint density at radius 2 is 2.00 bits per heavy atom. The normalized spacial score (nSPS) is 17.1. The number of benzene rings is 1. The van der Waals surface area contributed by atoms with Crippen molar-refractivity contribution in [1.29, 1.82) is 0 Å². The number of thiocarbonyl (C=S) groups is 1. The molecule has 2 heterocycles. The molecule has 3 rings (SSSR count). The summed E-state index contributed by atoms with van der Waals surface area (Å²) in [6.07, 6.45) is 6.94. The number of nitrogens with zero attached hydrogens (tertiary/aromatic N) is 1. The molecule has 1 aromatic carbocycles. The molecule has 2 aromatic rings. The van der Waals surface area contributed by atoms with Crippen LogP contribution >= 0.6 is 39.9 Å². The Bertz CT molecular complexity index is 764. The molecule has 1 aliphatic rings. The van der Waals surface area contributed by atoms with Gasteiger partial charge in [-0.25, -0.2) is 0 Å². The number of halogens is 1. The molecule has 0 bridgehead atoms. The maximum absolute atomic E-state index is 12.5. The van der Waals surface area contributed by atoms with Crippen LogP contribution in [0.25, 0.3) is 6.08 Å². The highest BCUT2D eigenvalue weighted by Crippen LogP contribution is 2.35. The topological polar surface area (TPSA) is 33.5 Å². The zero-order chi connectivity index (χ0) is 15.5. The predicted octanol–water partition coefficient (Wildman–Crippen LogP) is 5.00. The molecule has 1 aromatic heterocycles. The fraction of sp³-hybridized carbons (Fsp3) is 0. The van der Waals surface area contributed by atoms with Gasteiger partial charge in [0.2, 0.25) is 0 Å². The number of hydrogen-bond acceptors (Lipinski definition) is 4. The van der Waals surface area contributed by atoms with Crippen molar-refractivity contribution in [2.45, 2.75) is 0 Å². The molecule has 110 valence electrons. The van der Waals surface area contributed by atoms with Crippen molar-refractivity contribution in [3.63, 3.8) is 0 Å². The number of rotatable bonds is 3. The van der Waals surface area contributed by atoms with Crippen LogP contribution in [-0.2, 0) is 4.79 Å². The van der Waals surface area contributed by atoms with Crippen LogP contribution in [0.4, 0.5) is 5.69 Å². The van der Waals surface area contributed by atoms with Gasteiger partial charge in [-0.2, -0.15) is 0 Å². The maximum atomic E-state index is 12.5. The molecule has 0 N–H and O–H groups in total. The summed E-state index contributed by atoms with van der Waals surface area (Å²) in [5.41, 5.74) is 0.768. The second-order valence-electron chi connectivity index (χ2n) is 4.39. The largest absolute Gasteiger partial charge is 0.465 e. The molecule has 0 unspecified atom stereocenters. The first kappa shape index (κ1) is 15.3. The minimum absolute atomic E-state index is 0.110. The van der Waals surface area contributed by atoms with E-state index in [-0.39, 0.29) is 5.91 Å². The number of hydrogen-bond donors (Lipinski definition) is 0. The van der Waals surface area contributed by atoms with Crippen LogP contribution in [0.3, 0.4) is 0 Å². The molecule has 6 heteroatoms. The second kappa shape index (κ2) is 6.64. The lowest BCUT2D eigenvalue weighted by Crippen LogP contribution is -2.27. The van der Waals surface area contributed by atoms with Crippen molar-refractivity contribution in [2.75, 3.05) is 4.90 Å². The van der Waals surface area contributed by atoms with E-state index in [2.05, 4.69) is 15.9 Å². The molecule has 3 nitrogen and oxygen atoms in total. The zero-order valence-electron chi connectivity index (χ0n) is 11.2. The lowest BCUT2D eigenvalue weighted by molar-refractivity contribution is -0.113. The molecule has 1 fully saturated rings. The molecule has 0 atom stereocenters. The standard InChI is InChI=1S/C16H10BrNO2S2/c17-11-6-8-12(9-7-11)18-15(19)14(22-16(18)21)5-1-3-13-4-2-10-20-13/h1-10H. The Morgan fingerprint density at radius 3 is 2.68 bits per heavy atom. The summed E-state index contributed by atoms with van der Waals surface area (Å²) in [7, 11) is 0. The molecule has 1 amide bonds. The number of carbonyl (C=O) groups is 1. The van der Waals surface area contributed by atoms with Crippen LogP contribution < -0.4 is 4.90 Å². The molecular weight excluding hydrogens is 382 g/mol. The van der Waals surface area contributed by atoms with Gasteiger partial charge in [-0.3, -0.25) is 9.69 Å². The lowest BCUT2D eigenvalue weighted by Gasteiger charge is -2.14. The van der Waals surface area contributed by atoms with Crippen molar-refractivity contribution in [1.82, 2.24) is 0 Å². The van der Waals surface area contributed by atoms with E-state index in [1.807, 2.05) is 36.4 Å². The summed E-state index contributed by atoms with van der Waals surface area (Å²) in [6, 6.07) is 11.1. The Kier molecular flexibility index (Phi) is 4.61. The molecule has 1 aliphatic heterocycles. The van der Waals surface area contributed by atoms with Crippen molar-refractivity contribution in [2.24, 2.45) is 0 Å². The fourth-order valence-corrected chi connectivity index (χ4v) is 3.43. The zero-order valence-corrected chi connectivity index (χ0v) is 14.5. The van der Waals surface area contributed by atoms with E-state index in [1.54, 1.807) is 29.4 Å². The van der Waals surface area contributed by atoms with Gasteiger partial charge in [0.15, 0.2) is 4.32 Å². The Labute approximate surface area is 145 Å². The first-order valence-electron chi connectivity index (χ1n) is 6.39. The maximum Gasteiger partial charge on any atom is 0.270 e. The number of allylic oxidation sites excluding steroid dienone is 2. The highest BCUT2D eigenvalue weighted by molar-refractivity contribution is 9.10. The summed E-state index contributed by atoms with van der Waals surface area (Å²) >= 11 is 9.98. The number of carbonyl (C=O) groups excluding carboxylic acids is 1. The summed E-state index contributed by atoms with van der Waals surface area (Å²) in [6.45, 7) is 0. The molecule has 0 spiro atoms. The van der Waals surface area contributed by atoms with Gasteiger partial charge in [-0.15, -0.1) is 0 Å². The molecule has 22 heavy (non-hydrogen) atoms. The van der Waals surface area contributed by atoms with Gasteiger partial charge < -0.3 is 4.42 Å². The van der Waals surface area contributed by atoms with Crippen molar-refractivity contribution in [3.8, 4) is 0 Å². The third kappa shape index (κ3) is 3.24. The quantitative estimate of drug-likeness (QED) is 0.544. The van der Waals surface area contributed by atoms with Gasteiger partial charge in [0.1, 0.15) is 5.76 Å². The summed E-state index contributed by atoms with van der Waals surface area (Å²) in [5.74, 6) is 0.626. The highest BCUT2D eigenvalue weighted by atomic mass is 79.9.